The Bertz CT molecular complexity index is 556. The molecule has 0 saturated heterocycles. The van der Waals surface area contributed by atoms with Gasteiger partial charge in [-0.2, -0.15) is 0 Å². The van der Waals surface area contributed by atoms with E-state index in [9.17, 15) is 13.2 Å². The maximum atomic E-state index is 11.9. The molecular weight excluding hydrogens is 288 g/mol. The summed E-state index contributed by atoms with van der Waals surface area (Å²) < 4.78 is 22.8. The topological polar surface area (TPSA) is 89.3 Å². The average molecular weight is 307 g/mol. The summed E-state index contributed by atoms with van der Waals surface area (Å²) in [5, 5.41) is 2.74. The van der Waals surface area contributed by atoms with Crippen LogP contribution < -0.4 is 11.1 Å². The number of benzene rings is 1. The van der Waals surface area contributed by atoms with E-state index in [0.717, 1.165) is 6.26 Å². The molecule has 108 valence electrons. The summed E-state index contributed by atoms with van der Waals surface area (Å²) in [5.41, 5.74) is 5.30. The van der Waals surface area contributed by atoms with Crippen molar-refractivity contribution in [1.82, 2.24) is 5.32 Å². The average Bonchev–Trinajstić information content (AvgIpc) is 2.27. The highest BCUT2D eigenvalue weighted by molar-refractivity contribution is 7.90. The number of nitrogens with one attached hydrogen (secondary N) is 1. The standard InChI is InChI=1S/C12H18N2O3S.ClH/c1-12(2,8-13)14-11(15)9-5-4-6-10(7-9)18(3,16)17;/h4-7H,8,13H2,1-3H3,(H,14,15);1H. The van der Waals surface area contributed by atoms with Crippen molar-refractivity contribution in [3.05, 3.63) is 29.8 Å². The van der Waals surface area contributed by atoms with Crippen LogP contribution in [0.25, 0.3) is 0 Å². The van der Waals surface area contributed by atoms with E-state index in [4.69, 9.17) is 5.73 Å². The molecule has 0 bridgehead atoms. The number of carbonyl (C=O) groups excluding carboxylic acids is 1. The molecule has 5 nitrogen and oxygen atoms in total. The van der Waals surface area contributed by atoms with Crippen molar-refractivity contribution < 1.29 is 13.2 Å². The van der Waals surface area contributed by atoms with Crippen LogP contribution >= 0.6 is 12.4 Å². The van der Waals surface area contributed by atoms with Crippen molar-refractivity contribution in [1.29, 1.82) is 0 Å². The Morgan fingerprint density at radius 3 is 2.42 bits per heavy atom. The number of rotatable bonds is 4. The number of nitrogens with two attached hydrogens (primary N) is 1. The lowest BCUT2D eigenvalue weighted by Gasteiger charge is -2.24. The van der Waals surface area contributed by atoms with Crippen LogP contribution in [-0.2, 0) is 9.84 Å². The molecule has 1 aromatic rings. The number of sulfone groups is 1. The molecule has 0 aliphatic rings. The number of hydrogen-bond donors (Lipinski definition) is 2. The molecule has 0 spiro atoms. The van der Waals surface area contributed by atoms with E-state index in [1.54, 1.807) is 26.0 Å². The molecule has 7 heteroatoms. The molecule has 0 aliphatic carbocycles. The highest BCUT2D eigenvalue weighted by Gasteiger charge is 2.20. The van der Waals surface area contributed by atoms with Gasteiger partial charge in [0.2, 0.25) is 0 Å². The smallest absolute Gasteiger partial charge is 0.251 e. The van der Waals surface area contributed by atoms with E-state index in [0.29, 0.717) is 12.1 Å². The molecule has 1 rings (SSSR count). The van der Waals surface area contributed by atoms with Gasteiger partial charge in [-0.25, -0.2) is 8.42 Å². The molecule has 1 amide bonds. The Morgan fingerprint density at radius 2 is 1.95 bits per heavy atom. The van der Waals surface area contributed by atoms with Crippen molar-refractivity contribution in [2.24, 2.45) is 5.73 Å². The van der Waals surface area contributed by atoms with E-state index >= 15 is 0 Å². The monoisotopic (exact) mass is 306 g/mol. The minimum absolute atomic E-state index is 0. The second-order valence-corrected chi connectivity index (χ2v) is 6.86. The SMILES string of the molecule is CC(C)(CN)NC(=O)c1cccc(S(C)(=O)=O)c1.Cl. The first-order valence-corrected chi connectivity index (χ1v) is 7.37. The van der Waals surface area contributed by atoms with Crippen LogP contribution in [0.4, 0.5) is 0 Å². The first-order valence-electron chi connectivity index (χ1n) is 5.48. The summed E-state index contributed by atoms with van der Waals surface area (Å²) in [6.45, 7) is 3.89. The maximum Gasteiger partial charge on any atom is 0.251 e. The summed E-state index contributed by atoms with van der Waals surface area (Å²) in [7, 11) is -3.31. The number of halogens is 1. The second-order valence-electron chi connectivity index (χ2n) is 4.84. The predicted molar refractivity (Wildman–Crippen MR) is 77.4 cm³/mol. The molecular formula is C12H19ClN2O3S. The lowest BCUT2D eigenvalue weighted by molar-refractivity contribution is 0.0915. The fourth-order valence-electron chi connectivity index (χ4n) is 1.30. The van der Waals surface area contributed by atoms with Gasteiger partial charge in [-0.1, -0.05) is 6.07 Å². The van der Waals surface area contributed by atoms with Gasteiger partial charge >= 0.3 is 0 Å². The van der Waals surface area contributed by atoms with E-state index in [-0.39, 0.29) is 23.2 Å². The third-order valence-electron chi connectivity index (χ3n) is 2.49. The van der Waals surface area contributed by atoms with Gasteiger partial charge in [0.05, 0.1) is 4.90 Å². The number of amides is 1. The quantitative estimate of drug-likeness (QED) is 0.867. The van der Waals surface area contributed by atoms with Crippen molar-refractivity contribution in [2.75, 3.05) is 12.8 Å². The van der Waals surface area contributed by atoms with Gasteiger partial charge in [-0.15, -0.1) is 12.4 Å². The summed E-state index contributed by atoms with van der Waals surface area (Å²) in [4.78, 5) is 12.1. The Labute approximate surface area is 119 Å². The molecule has 3 N–H and O–H groups in total. The Balaban J connectivity index is 0.00000324. The van der Waals surface area contributed by atoms with Crippen LogP contribution in [0.15, 0.2) is 29.2 Å². The Morgan fingerprint density at radius 1 is 1.37 bits per heavy atom. The van der Waals surface area contributed by atoms with Gasteiger partial charge in [0, 0.05) is 23.9 Å². The zero-order chi connectivity index (χ0) is 14.0. The summed E-state index contributed by atoms with van der Waals surface area (Å²) in [6.07, 6.45) is 1.10. The van der Waals surface area contributed by atoms with Gasteiger partial charge in [0.1, 0.15) is 0 Å². The van der Waals surface area contributed by atoms with Crippen molar-refractivity contribution >= 4 is 28.2 Å². The Hall–Kier alpha value is -1.11. The molecule has 0 aliphatic heterocycles. The first-order chi connectivity index (χ1) is 8.15. The molecule has 0 radical (unpaired) electrons. The molecule has 19 heavy (non-hydrogen) atoms. The van der Waals surface area contributed by atoms with Crippen LogP contribution in [0.3, 0.4) is 0 Å². The highest BCUT2D eigenvalue weighted by atomic mass is 35.5. The molecule has 1 aromatic carbocycles. The van der Waals surface area contributed by atoms with E-state index in [2.05, 4.69) is 5.32 Å². The van der Waals surface area contributed by atoms with Gasteiger partial charge in [0.25, 0.3) is 5.91 Å². The summed E-state index contributed by atoms with van der Waals surface area (Å²) >= 11 is 0. The molecule has 0 saturated carbocycles. The largest absolute Gasteiger partial charge is 0.346 e. The zero-order valence-electron chi connectivity index (χ0n) is 11.1. The molecule has 0 atom stereocenters. The molecule has 0 unspecified atom stereocenters. The highest BCUT2D eigenvalue weighted by Crippen LogP contribution is 2.12. The molecule has 0 fully saturated rings. The van der Waals surface area contributed by atoms with Crippen molar-refractivity contribution in [3.63, 3.8) is 0 Å². The van der Waals surface area contributed by atoms with Crippen molar-refractivity contribution in [2.45, 2.75) is 24.3 Å². The second kappa shape index (κ2) is 6.36. The first kappa shape index (κ1) is 17.9. The maximum absolute atomic E-state index is 11.9. The predicted octanol–water partition coefficient (Wildman–Crippen LogP) is 0.979. The zero-order valence-corrected chi connectivity index (χ0v) is 12.8. The van der Waals surface area contributed by atoms with Gasteiger partial charge in [-0.05, 0) is 32.0 Å². The van der Waals surface area contributed by atoms with Crippen LogP contribution in [0, 0.1) is 0 Å². The summed E-state index contributed by atoms with van der Waals surface area (Å²) in [6, 6.07) is 5.93. The van der Waals surface area contributed by atoms with Crippen LogP contribution in [-0.4, -0.2) is 32.7 Å². The molecule has 0 heterocycles. The lowest BCUT2D eigenvalue weighted by Crippen LogP contribution is -2.48. The minimum Gasteiger partial charge on any atom is -0.346 e. The van der Waals surface area contributed by atoms with E-state index in [1.165, 1.54) is 12.1 Å². The fourth-order valence-corrected chi connectivity index (χ4v) is 1.97. The number of carbonyl (C=O) groups is 1. The van der Waals surface area contributed by atoms with Gasteiger partial charge < -0.3 is 11.1 Å². The lowest BCUT2D eigenvalue weighted by atomic mass is 10.1. The summed E-state index contributed by atoms with van der Waals surface area (Å²) in [5.74, 6) is -0.337. The third-order valence-corrected chi connectivity index (χ3v) is 3.60. The minimum atomic E-state index is -3.31. The van der Waals surface area contributed by atoms with Crippen molar-refractivity contribution in [3.8, 4) is 0 Å². The van der Waals surface area contributed by atoms with Gasteiger partial charge in [0.15, 0.2) is 9.84 Å². The Kier molecular flexibility index (Phi) is 5.99. The van der Waals surface area contributed by atoms with E-state index < -0.39 is 15.4 Å². The normalized spacial score (nSPS) is 11.6. The third kappa shape index (κ3) is 5.18. The van der Waals surface area contributed by atoms with E-state index in [1.807, 2.05) is 0 Å². The number of hydrogen-bond acceptors (Lipinski definition) is 4. The van der Waals surface area contributed by atoms with Gasteiger partial charge in [-0.3, -0.25) is 4.79 Å². The molecule has 0 aromatic heterocycles. The van der Waals surface area contributed by atoms with Crippen LogP contribution in [0.1, 0.15) is 24.2 Å². The fraction of sp³-hybridized carbons (Fsp3) is 0.417. The van der Waals surface area contributed by atoms with Crippen LogP contribution in [0.5, 0.6) is 0 Å². The van der Waals surface area contributed by atoms with Crippen LogP contribution in [0.2, 0.25) is 0 Å².